The number of pyridine rings is 2. The molecular weight excluding hydrogens is 468 g/mol. The number of aromatic amines is 1. The van der Waals surface area contributed by atoms with Crippen LogP contribution in [0.1, 0.15) is 37.6 Å². The molecule has 1 atom stereocenters. The molecule has 1 aliphatic heterocycles. The van der Waals surface area contributed by atoms with Gasteiger partial charge in [0.05, 0.1) is 18.4 Å². The summed E-state index contributed by atoms with van der Waals surface area (Å²) < 4.78 is 33.0. The zero-order chi connectivity index (χ0) is 25.4. The minimum atomic E-state index is -4.40. The van der Waals surface area contributed by atoms with Crippen LogP contribution in [0.4, 0.5) is 5.82 Å². The van der Waals surface area contributed by atoms with Crippen molar-refractivity contribution in [3.05, 3.63) is 70.6 Å². The van der Waals surface area contributed by atoms with Gasteiger partial charge in [-0.25, -0.2) is 18.1 Å². The fourth-order valence-electron chi connectivity index (χ4n) is 4.23. The van der Waals surface area contributed by atoms with E-state index in [1.165, 1.54) is 12.3 Å². The second kappa shape index (κ2) is 9.18. The molecule has 0 spiro atoms. The molecule has 3 aromatic rings. The largest absolute Gasteiger partial charge is 0.497 e. The first-order valence-corrected chi connectivity index (χ1v) is 12.7. The van der Waals surface area contributed by atoms with Crippen LogP contribution in [0.25, 0.3) is 11.3 Å². The van der Waals surface area contributed by atoms with Crippen LogP contribution in [-0.4, -0.2) is 43.5 Å². The number of methoxy groups -OCH3 is 1. The molecule has 4 rings (SSSR count). The number of sulfonamides is 1. The summed E-state index contributed by atoms with van der Waals surface area (Å²) in [6, 6.07) is 13.2. The van der Waals surface area contributed by atoms with Gasteiger partial charge in [-0.2, -0.15) is 0 Å². The number of hydrogen-bond donors (Lipinski definition) is 2. The Morgan fingerprint density at radius 1 is 1.20 bits per heavy atom. The highest BCUT2D eigenvalue weighted by Gasteiger charge is 2.41. The zero-order valence-corrected chi connectivity index (χ0v) is 20.8. The molecule has 0 saturated carbocycles. The fourth-order valence-corrected chi connectivity index (χ4v) is 5.26. The molecule has 1 amide bonds. The lowest BCUT2D eigenvalue weighted by atomic mass is 9.90. The number of aromatic nitrogens is 2. The van der Waals surface area contributed by atoms with Gasteiger partial charge in [-0.1, -0.05) is 19.1 Å². The van der Waals surface area contributed by atoms with E-state index in [0.29, 0.717) is 29.7 Å². The second-order valence-electron chi connectivity index (χ2n) is 9.09. The summed E-state index contributed by atoms with van der Waals surface area (Å²) in [5.41, 5.74) is 0.396. The molecule has 1 saturated heterocycles. The summed E-state index contributed by atoms with van der Waals surface area (Å²) in [6.07, 6.45) is 2.22. The highest BCUT2D eigenvalue weighted by molar-refractivity contribution is 7.90. The molecule has 184 valence electrons. The minimum Gasteiger partial charge on any atom is -0.497 e. The third-order valence-electron chi connectivity index (χ3n) is 6.73. The standard InChI is InChI=1S/C25H28N4O5S/c1-16-12-14-29(25(16,2)3)22-19(10-11-20(27-22)17-7-5-8-18(15-17)34-4)23(30)28-35(32,33)21-9-6-13-26-24(21)31/h5-11,13,15-16H,12,14H2,1-4H3,(H,26,31)(H,28,30). The third-order valence-corrected chi connectivity index (χ3v) is 8.08. The minimum absolute atomic E-state index is 0.106. The van der Waals surface area contributed by atoms with Crippen LogP contribution in [0.2, 0.25) is 0 Å². The predicted molar refractivity (Wildman–Crippen MR) is 133 cm³/mol. The first-order chi connectivity index (χ1) is 16.5. The van der Waals surface area contributed by atoms with Gasteiger partial charge in [0, 0.05) is 23.8 Å². The van der Waals surface area contributed by atoms with Crippen molar-refractivity contribution < 1.29 is 17.9 Å². The van der Waals surface area contributed by atoms with E-state index in [4.69, 9.17) is 9.72 Å². The number of nitrogens with zero attached hydrogens (tertiary/aromatic N) is 2. The maximum Gasteiger partial charge on any atom is 0.269 e. The molecule has 1 aliphatic rings. The van der Waals surface area contributed by atoms with Crippen LogP contribution in [0.15, 0.2) is 64.4 Å². The highest BCUT2D eigenvalue weighted by atomic mass is 32.2. The van der Waals surface area contributed by atoms with Crippen molar-refractivity contribution >= 4 is 21.7 Å². The van der Waals surface area contributed by atoms with Gasteiger partial charge in [0.25, 0.3) is 21.5 Å². The fraction of sp³-hybridized carbons (Fsp3) is 0.320. The molecule has 3 heterocycles. The maximum absolute atomic E-state index is 13.3. The lowest BCUT2D eigenvalue weighted by Crippen LogP contribution is -2.44. The van der Waals surface area contributed by atoms with Crippen molar-refractivity contribution in [3.63, 3.8) is 0 Å². The van der Waals surface area contributed by atoms with Crippen LogP contribution < -0.4 is 19.9 Å². The number of benzene rings is 1. The first kappa shape index (κ1) is 24.5. The molecule has 0 bridgehead atoms. The van der Waals surface area contributed by atoms with Crippen molar-refractivity contribution in [2.45, 2.75) is 37.6 Å². The van der Waals surface area contributed by atoms with Crippen molar-refractivity contribution in [2.24, 2.45) is 5.92 Å². The Hall–Kier alpha value is -3.66. The molecule has 35 heavy (non-hydrogen) atoms. The smallest absolute Gasteiger partial charge is 0.269 e. The number of hydrogen-bond acceptors (Lipinski definition) is 7. The van der Waals surface area contributed by atoms with Gasteiger partial charge in [-0.3, -0.25) is 9.59 Å². The number of anilines is 1. The Morgan fingerprint density at radius 3 is 2.63 bits per heavy atom. The van der Waals surface area contributed by atoms with Gasteiger partial charge in [0.1, 0.15) is 11.6 Å². The van der Waals surface area contributed by atoms with Gasteiger partial charge >= 0.3 is 0 Å². The third kappa shape index (κ3) is 4.66. The van der Waals surface area contributed by atoms with Crippen LogP contribution in [0, 0.1) is 5.92 Å². The van der Waals surface area contributed by atoms with E-state index in [2.05, 4.69) is 25.8 Å². The monoisotopic (exact) mass is 496 g/mol. The molecule has 1 aromatic carbocycles. The van der Waals surface area contributed by atoms with Gasteiger partial charge < -0.3 is 14.6 Å². The van der Waals surface area contributed by atoms with Crippen LogP contribution in [0.3, 0.4) is 0 Å². The number of nitrogens with one attached hydrogen (secondary N) is 2. The van der Waals surface area contributed by atoms with Crippen molar-refractivity contribution in [2.75, 3.05) is 18.6 Å². The van der Waals surface area contributed by atoms with Crippen LogP contribution in [0.5, 0.6) is 5.75 Å². The predicted octanol–water partition coefficient (Wildman–Crippen LogP) is 3.19. The Labute approximate surface area is 204 Å². The molecule has 0 radical (unpaired) electrons. The Kier molecular flexibility index (Phi) is 6.42. The molecule has 9 nitrogen and oxygen atoms in total. The van der Waals surface area contributed by atoms with E-state index in [1.54, 1.807) is 19.2 Å². The number of carbonyl (C=O) groups excluding carboxylic acids is 1. The van der Waals surface area contributed by atoms with Crippen LogP contribution in [-0.2, 0) is 10.0 Å². The van der Waals surface area contributed by atoms with Crippen molar-refractivity contribution in [1.82, 2.24) is 14.7 Å². The van der Waals surface area contributed by atoms with Gasteiger partial charge in [0.2, 0.25) is 0 Å². The molecule has 1 unspecified atom stereocenters. The summed E-state index contributed by atoms with van der Waals surface area (Å²) >= 11 is 0. The average Bonchev–Trinajstić information content (AvgIpc) is 3.10. The summed E-state index contributed by atoms with van der Waals surface area (Å²) in [7, 11) is -2.81. The lowest BCUT2D eigenvalue weighted by Gasteiger charge is -2.36. The number of rotatable bonds is 6. The van der Waals surface area contributed by atoms with E-state index in [9.17, 15) is 18.0 Å². The normalized spacial score (nSPS) is 17.3. The molecule has 2 N–H and O–H groups in total. The van der Waals surface area contributed by atoms with Crippen molar-refractivity contribution in [3.8, 4) is 17.0 Å². The summed E-state index contributed by atoms with van der Waals surface area (Å²) in [5, 5.41) is 0. The van der Waals surface area contributed by atoms with E-state index >= 15 is 0 Å². The second-order valence-corrected chi connectivity index (χ2v) is 10.7. The number of amides is 1. The quantitative estimate of drug-likeness (QED) is 0.537. The van der Waals surface area contributed by atoms with Crippen LogP contribution >= 0.6 is 0 Å². The summed E-state index contributed by atoms with van der Waals surface area (Å²) in [6.45, 7) is 6.95. The molecule has 2 aromatic heterocycles. The molecule has 0 aliphatic carbocycles. The Morgan fingerprint density at radius 2 is 1.97 bits per heavy atom. The van der Waals surface area contributed by atoms with E-state index < -0.39 is 26.4 Å². The van der Waals surface area contributed by atoms with E-state index in [0.717, 1.165) is 18.1 Å². The Balaban J connectivity index is 1.79. The Bertz CT molecular complexity index is 1430. The number of carbonyl (C=O) groups is 1. The van der Waals surface area contributed by atoms with Gasteiger partial charge in [0.15, 0.2) is 4.90 Å². The summed E-state index contributed by atoms with van der Waals surface area (Å²) in [5.74, 6) is 0.520. The SMILES string of the molecule is COc1cccc(-c2ccc(C(=O)NS(=O)(=O)c3ccc[nH]c3=O)c(N3CCC(C)C3(C)C)n2)c1. The first-order valence-electron chi connectivity index (χ1n) is 11.2. The van der Waals surface area contributed by atoms with Gasteiger partial charge in [-0.15, -0.1) is 0 Å². The zero-order valence-electron chi connectivity index (χ0n) is 20.0. The molecule has 1 fully saturated rings. The number of H-pyrrole nitrogens is 1. The highest BCUT2D eigenvalue weighted by Crippen LogP contribution is 2.39. The lowest BCUT2D eigenvalue weighted by molar-refractivity contribution is 0.0981. The average molecular weight is 497 g/mol. The number of ether oxygens (including phenoxy) is 1. The van der Waals surface area contributed by atoms with Crippen molar-refractivity contribution in [1.29, 1.82) is 0 Å². The maximum atomic E-state index is 13.3. The topological polar surface area (TPSA) is 121 Å². The van der Waals surface area contributed by atoms with E-state index in [-0.39, 0.29) is 11.1 Å². The van der Waals surface area contributed by atoms with Gasteiger partial charge in [-0.05, 0) is 62.6 Å². The molecule has 10 heteroatoms. The molecular formula is C25H28N4O5S. The van der Waals surface area contributed by atoms with E-state index in [1.807, 2.05) is 33.9 Å². The summed E-state index contributed by atoms with van der Waals surface area (Å²) in [4.78, 5) is 33.9.